The lowest BCUT2D eigenvalue weighted by Gasteiger charge is -2.13. The molecule has 3 rings (SSSR count). The fraction of sp³-hybridized carbons (Fsp3) is 0.263. The third-order valence-corrected chi connectivity index (χ3v) is 4.40. The van der Waals surface area contributed by atoms with E-state index in [1.54, 1.807) is 31.2 Å². The van der Waals surface area contributed by atoms with Gasteiger partial charge in [0.15, 0.2) is 5.76 Å². The third kappa shape index (κ3) is 3.88. The minimum atomic E-state index is -0.755. The number of nitrogens with zero attached hydrogens (tertiary/aromatic N) is 1. The van der Waals surface area contributed by atoms with Crippen LogP contribution < -0.4 is 16.5 Å². The number of urea groups is 1. The molecule has 1 aromatic heterocycles. The number of benzene rings is 1. The number of aryl methyl sites for hydroxylation is 1. The number of nitrogens with two attached hydrogens (primary N) is 1. The summed E-state index contributed by atoms with van der Waals surface area (Å²) in [5.41, 5.74) is 10.2. The summed E-state index contributed by atoms with van der Waals surface area (Å²) < 4.78 is 10.4. The smallest absolute Gasteiger partial charge is 0.337 e. The van der Waals surface area contributed by atoms with Gasteiger partial charge in [0, 0.05) is 23.2 Å². The van der Waals surface area contributed by atoms with Crippen molar-refractivity contribution in [1.29, 1.82) is 0 Å². The Labute approximate surface area is 160 Å². The molecule has 1 heterocycles. The van der Waals surface area contributed by atoms with Crippen molar-refractivity contribution in [3.05, 3.63) is 52.5 Å². The molecule has 0 atom stereocenters. The van der Waals surface area contributed by atoms with Crippen LogP contribution in [0.5, 0.6) is 0 Å². The van der Waals surface area contributed by atoms with E-state index in [-0.39, 0.29) is 5.76 Å². The molecule has 0 aliphatic heterocycles. The molecule has 28 heavy (non-hydrogen) atoms. The zero-order chi connectivity index (χ0) is 20.3. The molecule has 4 N–H and O–H groups in total. The van der Waals surface area contributed by atoms with E-state index >= 15 is 0 Å². The number of hydrazone groups is 1. The number of carbonyl (C=O) groups excluding carboxylic acids is 3. The van der Waals surface area contributed by atoms with Gasteiger partial charge in [-0.15, -0.1) is 0 Å². The van der Waals surface area contributed by atoms with E-state index in [0.717, 1.165) is 12.0 Å². The number of fused-ring (bicyclic) bond motifs is 1. The zero-order valence-corrected chi connectivity index (χ0v) is 15.5. The quantitative estimate of drug-likeness (QED) is 0.549. The summed E-state index contributed by atoms with van der Waals surface area (Å²) in [4.78, 5) is 35.1. The monoisotopic (exact) mass is 384 g/mol. The van der Waals surface area contributed by atoms with Gasteiger partial charge in [-0.1, -0.05) is 0 Å². The Balaban J connectivity index is 1.82. The minimum Gasteiger partial charge on any atom is -0.465 e. The molecule has 1 aliphatic carbocycles. The predicted molar refractivity (Wildman–Crippen MR) is 101 cm³/mol. The van der Waals surface area contributed by atoms with E-state index < -0.39 is 17.9 Å². The lowest BCUT2D eigenvalue weighted by Crippen LogP contribution is -2.27. The standard InChI is InChI=1S/C19H20N4O5/c1-10-15-13(22-23-19(20)26)4-3-5-14(15)28-16(10)17(24)21-12-8-6-11(7-9-12)18(25)27-2/h6-9H,3-5H2,1-2H3,(H,21,24)(H3,20,23,26)/b22-13+. The molecule has 0 fully saturated rings. The van der Waals surface area contributed by atoms with E-state index in [2.05, 4.69) is 20.6 Å². The predicted octanol–water partition coefficient (Wildman–Crippen LogP) is 2.34. The molecule has 0 bridgehead atoms. The summed E-state index contributed by atoms with van der Waals surface area (Å²) in [6.45, 7) is 1.77. The number of anilines is 1. The molecule has 0 unspecified atom stereocenters. The van der Waals surface area contributed by atoms with E-state index in [9.17, 15) is 14.4 Å². The van der Waals surface area contributed by atoms with Crippen LogP contribution in [0.15, 0.2) is 33.8 Å². The number of rotatable bonds is 4. The highest BCUT2D eigenvalue weighted by Crippen LogP contribution is 2.30. The first-order chi connectivity index (χ1) is 13.4. The van der Waals surface area contributed by atoms with Crippen molar-refractivity contribution in [2.75, 3.05) is 12.4 Å². The molecule has 0 saturated carbocycles. The molecule has 1 aliphatic rings. The summed E-state index contributed by atoms with van der Waals surface area (Å²) in [5.74, 6) is -0.0422. The number of ether oxygens (including phenoxy) is 1. The first-order valence-corrected chi connectivity index (χ1v) is 8.65. The van der Waals surface area contributed by atoms with Crippen molar-refractivity contribution in [3.63, 3.8) is 0 Å². The topological polar surface area (TPSA) is 136 Å². The van der Waals surface area contributed by atoms with Gasteiger partial charge in [0.05, 0.1) is 18.4 Å². The van der Waals surface area contributed by atoms with Crippen LogP contribution in [-0.2, 0) is 11.2 Å². The maximum atomic E-state index is 12.7. The highest BCUT2D eigenvalue weighted by Gasteiger charge is 2.28. The van der Waals surface area contributed by atoms with Crippen LogP contribution in [0, 0.1) is 6.92 Å². The number of methoxy groups -OCH3 is 1. The van der Waals surface area contributed by atoms with Gasteiger partial charge in [0.2, 0.25) is 0 Å². The van der Waals surface area contributed by atoms with Gasteiger partial charge in [-0.3, -0.25) is 4.79 Å². The van der Waals surface area contributed by atoms with Gasteiger partial charge in [-0.2, -0.15) is 5.10 Å². The molecule has 2 aromatic rings. The molecule has 9 nitrogen and oxygen atoms in total. The third-order valence-electron chi connectivity index (χ3n) is 4.40. The van der Waals surface area contributed by atoms with Crippen molar-refractivity contribution in [2.24, 2.45) is 10.8 Å². The average Bonchev–Trinajstić information content (AvgIpc) is 3.03. The Morgan fingerprint density at radius 2 is 1.89 bits per heavy atom. The Bertz CT molecular complexity index is 959. The summed E-state index contributed by atoms with van der Waals surface area (Å²) in [6.07, 6.45) is 2.10. The maximum Gasteiger partial charge on any atom is 0.337 e. The molecule has 9 heteroatoms. The molecular weight excluding hydrogens is 364 g/mol. The number of furan rings is 1. The maximum absolute atomic E-state index is 12.7. The van der Waals surface area contributed by atoms with Crippen molar-refractivity contribution >= 4 is 29.3 Å². The van der Waals surface area contributed by atoms with Crippen molar-refractivity contribution in [2.45, 2.75) is 26.2 Å². The van der Waals surface area contributed by atoms with Crippen LogP contribution in [0.2, 0.25) is 0 Å². The first kappa shape index (κ1) is 19.2. The van der Waals surface area contributed by atoms with Gasteiger partial charge in [-0.25, -0.2) is 15.0 Å². The molecule has 3 amide bonds. The Morgan fingerprint density at radius 3 is 2.54 bits per heavy atom. The van der Waals surface area contributed by atoms with Crippen molar-refractivity contribution < 1.29 is 23.5 Å². The largest absolute Gasteiger partial charge is 0.465 e. The Kier molecular flexibility index (Phi) is 5.44. The molecule has 0 radical (unpaired) electrons. The van der Waals surface area contributed by atoms with Crippen LogP contribution in [0.1, 0.15) is 50.6 Å². The Hall–Kier alpha value is -3.62. The van der Waals surface area contributed by atoms with Crippen LogP contribution in [-0.4, -0.2) is 30.7 Å². The number of primary amides is 1. The number of carbonyl (C=O) groups is 3. The molecule has 1 aromatic carbocycles. The highest BCUT2D eigenvalue weighted by atomic mass is 16.5. The van der Waals surface area contributed by atoms with E-state index in [0.29, 0.717) is 41.1 Å². The summed E-state index contributed by atoms with van der Waals surface area (Å²) >= 11 is 0. The van der Waals surface area contributed by atoms with Crippen molar-refractivity contribution in [3.8, 4) is 0 Å². The van der Waals surface area contributed by atoms with E-state index in [1.807, 2.05) is 0 Å². The second-order valence-electron chi connectivity index (χ2n) is 6.27. The van der Waals surface area contributed by atoms with Crippen LogP contribution in [0.4, 0.5) is 10.5 Å². The lowest BCUT2D eigenvalue weighted by molar-refractivity contribution is 0.0600. The summed E-state index contributed by atoms with van der Waals surface area (Å²) in [5, 5.41) is 6.78. The second-order valence-corrected chi connectivity index (χ2v) is 6.27. The van der Waals surface area contributed by atoms with E-state index in [4.69, 9.17) is 10.2 Å². The number of hydrogen-bond donors (Lipinski definition) is 3. The zero-order valence-electron chi connectivity index (χ0n) is 15.5. The van der Waals surface area contributed by atoms with Gasteiger partial charge >= 0.3 is 12.0 Å². The van der Waals surface area contributed by atoms with Gasteiger partial charge in [-0.05, 0) is 44.0 Å². The van der Waals surface area contributed by atoms with Crippen LogP contribution in [0.3, 0.4) is 0 Å². The van der Waals surface area contributed by atoms with Gasteiger partial charge < -0.3 is 20.2 Å². The SMILES string of the molecule is COC(=O)c1ccc(NC(=O)c2oc3c(c2C)/C(=N/NC(N)=O)CCC3)cc1. The van der Waals surface area contributed by atoms with Crippen molar-refractivity contribution in [1.82, 2.24) is 5.43 Å². The minimum absolute atomic E-state index is 0.177. The van der Waals surface area contributed by atoms with Crippen LogP contribution >= 0.6 is 0 Å². The highest BCUT2D eigenvalue weighted by molar-refractivity contribution is 6.09. The van der Waals surface area contributed by atoms with Crippen LogP contribution in [0.25, 0.3) is 0 Å². The Morgan fingerprint density at radius 1 is 1.18 bits per heavy atom. The molecule has 0 saturated heterocycles. The number of esters is 1. The average molecular weight is 384 g/mol. The van der Waals surface area contributed by atoms with Gasteiger partial charge in [0.1, 0.15) is 5.76 Å². The summed E-state index contributed by atoms with van der Waals surface area (Å²) in [6, 6.07) is 5.57. The fourth-order valence-electron chi connectivity index (χ4n) is 3.11. The normalized spacial score (nSPS) is 14.3. The number of nitrogens with one attached hydrogen (secondary N) is 2. The second kappa shape index (κ2) is 7.95. The number of amides is 3. The first-order valence-electron chi connectivity index (χ1n) is 8.65. The van der Waals surface area contributed by atoms with E-state index in [1.165, 1.54) is 7.11 Å². The lowest BCUT2D eigenvalue weighted by atomic mass is 9.93. The summed E-state index contributed by atoms with van der Waals surface area (Å²) in [7, 11) is 1.30. The van der Waals surface area contributed by atoms with Gasteiger partial charge in [0.25, 0.3) is 5.91 Å². The molecule has 0 spiro atoms. The fourth-order valence-corrected chi connectivity index (χ4v) is 3.11. The molecular formula is C19H20N4O5. The number of hydrogen-bond acceptors (Lipinski definition) is 6. The molecule has 146 valence electrons.